The number of carbonyl (C=O) groups is 8. The smallest absolute Gasteiger partial charge is 0.341 e. The van der Waals surface area contributed by atoms with Gasteiger partial charge in [-0.3, -0.25) is 18.9 Å². The van der Waals surface area contributed by atoms with Crippen LogP contribution in [0.1, 0.15) is 82.9 Å². The zero-order valence-electron chi connectivity index (χ0n) is 59.4. The minimum Gasteiger partial charge on any atom is -0.460 e. The van der Waals surface area contributed by atoms with Crippen LogP contribution in [0.25, 0.3) is 11.1 Å². The Labute approximate surface area is 621 Å². The highest BCUT2D eigenvalue weighted by Crippen LogP contribution is 2.45. The molecule has 0 radical (unpaired) electrons. The zero-order valence-corrected chi connectivity index (χ0v) is 62.7. The van der Waals surface area contributed by atoms with Crippen LogP contribution in [0.15, 0.2) is 129 Å². The normalized spacial score (nSPS) is 11.5. The number of rotatable bonds is 45. The quantitative estimate of drug-likeness (QED) is 0.0222. The number of benzene rings is 6. The molecule has 0 spiro atoms. The van der Waals surface area contributed by atoms with E-state index in [0.717, 1.165) is 84.9 Å². The van der Waals surface area contributed by atoms with Crippen LogP contribution < -0.4 is 18.9 Å². The maximum atomic E-state index is 16.8. The first-order chi connectivity index (χ1) is 51.6. The molecule has 0 bridgehead atoms. The minimum atomic E-state index is -6.60. The van der Waals surface area contributed by atoms with Crippen molar-refractivity contribution in [3.05, 3.63) is 154 Å². The lowest BCUT2D eigenvalue weighted by molar-refractivity contribution is 0.0346. The highest BCUT2D eigenvalue weighted by Gasteiger charge is 2.45. The van der Waals surface area contributed by atoms with Gasteiger partial charge in [-0.1, -0.05) is 54.6 Å². The molecule has 0 saturated heterocycles. The van der Waals surface area contributed by atoms with Crippen molar-refractivity contribution < 1.29 is 148 Å². The number of ether oxygens (including phenoxy) is 16. The van der Waals surface area contributed by atoms with Gasteiger partial charge in [0, 0.05) is 62.4 Å². The summed E-state index contributed by atoms with van der Waals surface area (Å²) in [4.78, 5) is 106. The Balaban J connectivity index is 1.95. The molecule has 40 heteroatoms. The first-order valence-corrected chi connectivity index (χ1v) is 37.8. The third-order valence-corrected chi connectivity index (χ3v) is 20.5. The molecule has 0 aliphatic heterocycles. The molecular formula is C68H78N4O32S4. The van der Waals surface area contributed by atoms with Crippen LogP contribution in [0.4, 0.5) is 22.7 Å². The SMILES string of the molecule is COCCOC(=O)c1cccc(NS(=O)(=O)c2cc(-c3ccccc3)c(S(=O)(=O)Nc3cccc(C(=O)OCCOC)c3C(=O)OCCOC)c(S(=O)(=O)Nc3cccc(C(=O)OCCOC)c3C(=O)OCCOC)c2S(=O)(=O)Nc2cccc(C(=O)OCCOC)c2C(=O)OCCOC)c1C(=O)OCCOC. The van der Waals surface area contributed by atoms with E-state index in [1.807, 2.05) is 14.2 Å². The van der Waals surface area contributed by atoms with Gasteiger partial charge in [0.2, 0.25) is 0 Å². The van der Waals surface area contributed by atoms with Crippen LogP contribution in [0.3, 0.4) is 0 Å². The average molecular weight is 1590 g/mol. The molecule has 0 unspecified atom stereocenters. The molecule has 6 aromatic rings. The van der Waals surface area contributed by atoms with Crippen LogP contribution in [0.2, 0.25) is 0 Å². The molecule has 586 valence electrons. The molecule has 0 fully saturated rings. The van der Waals surface area contributed by atoms with E-state index in [1.165, 1.54) is 75.1 Å². The number of anilines is 4. The summed E-state index contributed by atoms with van der Waals surface area (Å²) in [6.07, 6.45) is 0. The van der Waals surface area contributed by atoms with Crippen LogP contribution in [-0.4, -0.2) is 244 Å². The second-order valence-electron chi connectivity index (χ2n) is 21.6. The number of nitrogens with one attached hydrogen (secondary N) is 4. The lowest BCUT2D eigenvalue weighted by Gasteiger charge is -2.25. The molecule has 4 N–H and O–H groups in total. The van der Waals surface area contributed by atoms with Crippen LogP contribution in [0, 0.1) is 0 Å². The Morgan fingerprint density at radius 1 is 0.259 bits per heavy atom. The first kappa shape index (κ1) is 86.7. The Morgan fingerprint density at radius 2 is 0.491 bits per heavy atom. The summed E-state index contributed by atoms with van der Waals surface area (Å²) in [5.41, 5.74) is -12.5. The van der Waals surface area contributed by atoms with Gasteiger partial charge in [0.25, 0.3) is 40.1 Å². The molecule has 0 saturated carbocycles. The van der Waals surface area contributed by atoms with E-state index in [2.05, 4.69) is 4.72 Å². The fourth-order valence-electron chi connectivity index (χ4n) is 9.63. The summed E-state index contributed by atoms with van der Waals surface area (Å²) in [5, 5.41) is 0. The van der Waals surface area contributed by atoms with Crippen molar-refractivity contribution in [2.24, 2.45) is 0 Å². The van der Waals surface area contributed by atoms with Crippen molar-refractivity contribution in [3.8, 4) is 11.1 Å². The summed E-state index contributed by atoms with van der Waals surface area (Å²) in [7, 11) is -15.7. The third-order valence-electron chi connectivity index (χ3n) is 14.4. The van der Waals surface area contributed by atoms with Crippen LogP contribution in [-0.2, 0) is 116 Å². The second kappa shape index (κ2) is 41.8. The summed E-state index contributed by atoms with van der Waals surface area (Å²) in [6, 6.07) is 17.5. The molecule has 0 heterocycles. The van der Waals surface area contributed by atoms with E-state index in [9.17, 15) is 38.4 Å². The van der Waals surface area contributed by atoms with E-state index >= 15 is 33.7 Å². The Hall–Kier alpha value is -10.2. The lowest BCUT2D eigenvalue weighted by atomic mass is 10.1. The van der Waals surface area contributed by atoms with Crippen LogP contribution in [0.5, 0.6) is 0 Å². The van der Waals surface area contributed by atoms with Crippen molar-refractivity contribution >= 4 is 111 Å². The number of hydrogen-bond acceptors (Lipinski definition) is 32. The van der Waals surface area contributed by atoms with Crippen molar-refractivity contribution in [3.63, 3.8) is 0 Å². The van der Waals surface area contributed by atoms with Crippen LogP contribution >= 0.6 is 0 Å². The van der Waals surface area contributed by atoms with Crippen molar-refractivity contribution in [2.45, 2.75) is 19.6 Å². The molecule has 6 aromatic carbocycles. The van der Waals surface area contributed by atoms with Gasteiger partial charge < -0.3 is 75.8 Å². The van der Waals surface area contributed by atoms with Gasteiger partial charge in [-0.25, -0.2) is 72.0 Å². The van der Waals surface area contributed by atoms with E-state index in [0.29, 0.717) is 6.07 Å². The van der Waals surface area contributed by atoms with Gasteiger partial charge in [-0.2, -0.15) is 0 Å². The highest BCUT2D eigenvalue weighted by atomic mass is 32.2. The van der Waals surface area contributed by atoms with Gasteiger partial charge in [-0.05, 0) is 60.2 Å². The largest absolute Gasteiger partial charge is 0.460 e. The van der Waals surface area contributed by atoms with Gasteiger partial charge in [0.1, 0.15) is 72.4 Å². The standard InChI is InChI=1S/C68H78N4O32S4/c1-89-26-34-97-61(73)44-18-12-22-49(54(44)65(77)101-38-30-93-5)69-105(81,82)53-42-48(43-16-10-9-11-17-43)58(106(83,84)70-50-23-13-19-45(62(74)98-35-27-90-2)55(50)66(78)102-39-31-94-6)60(108(87,88)72-52-25-15-21-47(64(76)100-37-29-92-4)57(52)68(80)104-41-33-96-8)59(53)107(85,86)71-51-24-14-20-46(63(75)99-36-28-91-3)56(51)67(79)103-40-32-95-7/h9-25,42,69-72H,26-41H2,1-8H3. The zero-order chi connectivity index (χ0) is 79.2. The van der Waals surface area contributed by atoms with Gasteiger partial charge in [0.05, 0.1) is 120 Å². The highest BCUT2D eigenvalue weighted by molar-refractivity contribution is 7.98. The third kappa shape index (κ3) is 22.9. The lowest BCUT2D eigenvalue weighted by Crippen LogP contribution is -2.30. The molecule has 36 nitrogen and oxygen atoms in total. The van der Waals surface area contributed by atoms with Crippen molar-refractivity contribution in [1.29, 1.82) is 0 Å². The molecule has 0 aliphatic rings. The fourth-order valence-corrected chi connectivity index (χ4v) is 16.8. The maximum absolute atomic E-state index is 16.8. The van der Waals surface area contributed by atoms with E-state index in [4.69, 9.17) is 75.8 Å². The van der Waals surface area contributed by atoms with Gasteiger partial charge in [-0.15, -0.1) is 0 Å². The predicted octanol–water partition coefficient (Wildman–Crippen LogP) is 4.98. The molecule has 0 amide bonds. The van der Waals surface area contributed by atoms with E-state index in [-0.39, 0.29) is 52.9 Å². The molecule has 6 rings (SSSR count). The monoisotopic (exact) mass is 1590 g/mol. The summed E-state index contributed by atoms with van der Waals surface area (Å²) >= 11 is 0. The Kier molecular flexibility index (Phi) is 33.5. The first-order valence-electron chi connectivity index (χ1n) is 31.8. The predicted molar refractivity (Wildman–Crippen MR) is 378 cm³/mol. The molecule has 108 heavy (non-hydrogen) atoms. The van der Waals surface area contributed by atoms with E-state index < -0.39 is 239 Å². The molecule has 0 aliphatic carbocycles. The molecular weight excluding hydrogens is 1510 g/mol. The topological polar surface area (TPSA) is 469 Å². The number of carbonyl (C=O) groups excluding carboxylic acids is 8. The molecule has 0 atom stereocenters. The number of hydrogen-bond donors (Lipinski definition) is 4. The number of esters is 8. The average Bonchev–Trinajstić information content (AvgIpc) is 0.707. The van der Waals surface area contributed by atoms with E-state index in [1.54, 1.807) is 0 Å². The van der Waals surface area contributed by atoms with Crippen molar-refractivity contribution in [1.82, 2.24) is 0 Å². The minimum absolute atomic E-state index is 0.202. The summed E-state index contributed by atoms with van der Waals surface area (Å²) in [5.74, 6) is -11.3. The Bertz CT molecular complexity index is 4670. The second-order valence-corrected chi connectivity index (χ2v) is 28.1. The number of methoxy groups -OCH3 is 8. The summed E-state index contributed by atoms with van der Waals surface area (Å²) in [6.45, 7) is -6.26. The van der Waals surface area contributed by atoms with Gasteiger partial charge in [0.15, 0.2) is 0 Å². The molecule has 0 aromatic heterocycles. The number of sulfonamides is 4. The fraction of sp³-hybridized carbons (Fsp3) is 0.353. The van der Waals surface area contributed by atoms with Gasteiger partial charge >= 0.3 is 47.8 Å². The summed E-state index contributed by atoms with van der Waals surface area (Å²) < 4.78 is 224. The Morgan fingerprint density at radius 3 is 0.750 bits per heavy atom. The van der Waals surface area contributed by atoms with Crippen molar-refractivity contribution in [2.75, 3.05) is 181 Å². The maximum Gasteiger partial charge on any atom is 0.341 e.